The van der Waals surface area contributed by atoms with Crippen LogP contribution in [-0.4, -0.2) is 10.9 Å². The van der Waals surface area contributed by atoms with Crippen LogP contribution >= 0.6 is 0 Å². The summed E-state index contributed by atoms with van der Waals surface area (Å²) < 4.78 is 12.6. The van der Waals surface area contributed by atoms with Gasteiger partial charge in [-0.3, -0.25) is 4.79 Å². The molecule has 0 radical (unpaired) electrons. The first-order valence-electron chi connectivity index (χ1n) is 5.14. The molecule has 0 spiro atoms. The van der Waals surface area contributed by atoms with Crippen LogP contribution in [0.4, 0.5) is 21.6 Å². The first-order chi connectivity index (χ1) is 8.56. The molecule has 0 aliphatic carbocycles. The summed E-state index contributed by atoms with van der Waals surface area (Å²) in [6.07, 6.45) is 1.02. The topological polar surface area (TPSA) is 94.0 Å². The SMILES string of the molecule is Nc1ccc(C(=O)Nc2ccc(F)cn2)c(N)c1. The average Bonchev–Trinajstić information content (AvgIpc) is 2.32. The van der Waals surface area contributed by atoms with Crippen molar-refractivity contribution in [1.82, 2.24) is 4.98 Å². The van der Waals surface area contributed by atoms with E-state index in [2.05, 4.69) is 10.3 Å². The second-order valence-corrected chi connectivity index (χ2v) is 3.66. The van der Waals surface area contributed by atoms with Crippen molar-refractivity contribution in [2.45, 2.75) is 0 Å². The number of nitrogens with zero attached hydrogens (tertiary/aromatic N) is 1. The van der Waals surface area contributed by atoms with E-state index in [4.69, 9.17) is 11.5 Å². The van der Waals surface area contributed by atoms with E-state index in [9.17, 15) is 9.18 Å². The number of rotatable bonds is 2. The zero-order valence-corrected chi connectivity index (χ0v) is 9.35. The molecule has 6 heteroatoms. The number of amides is 1. The minimum atomic E-state index is -0.472. The zero-order valence-electron chi connectivity index (χ0n) is 9.35. The minimum absolute atomic E-state index is 0.248. The lowest BCUT2D eigenvalue weighted by atomic mass is 10.1. The molecule has 0 bridgehead atoms. The number of aromatic nitrogens is 1. The summed E-state index contributed by atoms with van der Waals surface area (Å²) in [4.78, 5) is 15.6. The van der Waals surface area contributed by atoms with Gasteiger partial charge in [-0.25, -0.2) is 9.37 Å². The van der Waals surface area contributed by atoms with Gasteiger partial charge in [-0.2, -0.15) is 0 Å². The fraction of sp³-hybridized carbons (Fsp3) is 0. The van der Waals surface area contributed by atoms with Crippen LogP contribution in [0.15, 0.2) is 36.5 Å². The second-order valence-electron chi connectivity index (χ2n) is 3.66. The van der Waals surface area contributed by atoms with E-state index in [1.54, 1.807) is 6.07 Å². The number of carbonyl (C=O) groups is 1. The van der Waals surface area contributed by atoms with Crippen molar-refractivity contribution in [2.24, 2.45) is 0 Å². The molecular weight excluding hydrogens is 235 g/mol. The van der Waals surface area contributed by atoms with Gasteiger partial charge in [0.2, 0.25) is 0 Å². The van der Waals surface area contributed by atoms with Crippen molar-refractivity contribution >= 4 is 23.1 Å². The molecule has 18 heavy (non-hydrogen) atoms. The van der Waals surface area contributed by atoms with Gasteiger partial charge in [0.25, 0.3) is 5.91 Å². The highest BCUT2D eigenvalue weighted by molar-refractivity contribution is 6.07. The third-order valence-electron chi connectivity index (χ3n) is 2.29. The Morgan fingerprint density at radius 3 is 2.61 bits per heavy atom. The summed E-state index contributed by atoms with van der Waals surface area (Å²) in [5.41, 5.74) is 12.2. The average molecular weight is 246 g/mol. The summed E-state index contributed by atoms with van der Waals surface area (Å²) >= 11 is 0. The highest BCUT2D eigenvalue weighted by atomic mass is 19.1. The van der Waals surface area contributed by atoms with Crippen molar-refractivity contribution in [3.63, 3.8) is 0 Å². The number of nitrogens with one attached hydrogen (secondary N) is 1. The fourth-order valence-corrected chi connectivity index (χ4v) is 1.42. The first-order valence-corrected chi connectivity index (χ1v) is 5.14. The highest BCUT2D eigenvalue weighted by Gasteiger charge is 2.10. The summed E-state index contributed by atoms with van der Waals surface area (Å²) in [5, 5.41) is 2.51. The maximum absolute atomic E-state index is 12.6. The molecule has 1 heterocycles. The number of hydrogen-bond acceptors (Lipinski definition) is 4. The van der Waals surface area contributed by atoms with Gasteiger partial charge in [0.1, 0.15) is 11.6 Å². The lowest BCUT2D eigenvalue weighted by Gasteiger charge is -2.07. The number of halogens is 1. The molecule has 1 aromatic carbocycles. The highest BCUT2D eigenvalue weighted by Crippen LogP contribution is 2.17. The Balaban J connectivity index is 2.19. The van der Waals surface area contributed by atoms with Crippen molar-refractivity contribution < 1.29 is 9.18 Å². The molecule has 2 rings (SSSR count). The summed E-state index contributed by atoms with van der Waals surface area (Å²) in [6, 6.07) is 7.15. The predicted octanol–water partition coefficient (Wildman–Crippen LogP) is 1.64. The van der Waals surface area contributed by atoms with E-state index in [1.165, 1.54) is 24.3 Å². The van der Waals surface area contributed by atoms with E-state index in [1.807, 2.05) is 0 Å². The predicted molar refractivity (Wildman–Crippen MR) is 67.4 cm³/mol. The molecule has 0 unspecified atom stereocenters. The molecule has 5 nitrogen and oxygen atoms in total. The van der Waals surface area contributed by atoms with E-state index in [0.29, 0.717) is 5.69 Å². The fourth-order valence-electron chi connectivity index (χ4n) is 1.42. The van der Waals surface area contributed by atoms with Crippen LogP contribution in [0.25, 0.3) is 0 Å². The van der Waals surface area contributed by atoms with E-state index < -0.39 is 11.7 Å². The van der Waals surface area contributed by atoms with Crippen molar-refractivity contribution in [3.8, 4) is 0 Å². The van der Waals surface area contributed by atoms with Gasteiger partial charge in [-0.05, 0) is 30.3 Å². The number of pyridine rings is 1. The van der Waals surface area contributed by atoms with Crippen LogP contribution in [0.2, 0.25) is 0 Å². The maximum atomic E-state index is 12.6. The quantitative estimate of drug-likeness (QED) is 0.702. The van der Waals surface area contributed by atoms with Crippen LogP contribution in [-0.2, 0) is 0 Å². The normalized spacial score (nSPS) is 10.1. The number of anilines is 3. The van der Waals surface area contributed by atoms with Gasteiger partial charge in [0, 0.05) is 11.4 Å². The molecule has 0 atom stereocenters. The smallest absolute Gasteiger partial charge is 0.258 e. The zero-order chi connectivity index (χ0) is 13.1. The number of nitrogen functional groups attached to an aromatic ring is 2. The molecule has 0 aliphatic rings. The Morgan fingerprint density at radius 2 is 2.00 bits per heavy atom. The Labute approximate surface area is 103 Å². The second kappa shape index (κ2) is 4.70. The van der Waals surface area contributed by atoms with Crippen molar-refractivity contribution in [2.75, 3.05) is 16.8 Å². The largest absolute Gasteiger partial charge is 0.399 e. The molecule has 1 aromatic heterocycles. The van der Waals surface area contributed by atoms with Crippen molar-refractivity contribution in [1.29, 1.82) is 0 Å². The van der Waals surface area contributed by atoms with Crippen LogP contribution in [0, 0.1) is 5.82 Å². The molecule has 0 aliphatic heterocycles. The molecule has 2 aromatic rings. The van der Waals surface area contributed by atoms with Gasteiger partial charge < -0.3 is 16.8 Å². The molecule has 0 saturated heterocycles. The van der Waals surface area contributed by atoms with Crippen LogP contribution in [0.5, 0.6) is 0 Å². The third-order valence-corrected chi connectivity index (χ3v) is 2.29. The monoisotopic (exact) mass is 246 g/mol. The van der Waals surface area contributed by atoms with E-state index >= 15 is 0 Å². The Kier molecular flexibility index (Phi) is 3.09. The number of hydrogen-bond donors (Lipinski definition) is 3. The first kappa shape index (κ1) is 11.8. The van der Waals surface area contributed by atoms with Crippen LogP contribution < -0.4 is 16.8 Å². The summed E-state index contributed by atoms with van der Waals surface area (Å²) in [7, 11) is 0. The standard InChI is InChI=1S/C12H11FN4O/c13-7-1-4-11(16-6-7)17-12(18)9-3-2-8(14)5-10(9)15/h1-6H,14-15H2,(H,16,17,18). The van der Waals surface area contributed by atoms with Gasteiger partial charge in [0.15, 0.2) is 0 Å². The number of nitrogens with two attached hydrogens (primary N) is 2. The lowest BCUT2D eigenvalue weighted by Crippen LogP contribution is -2.15. The number of carbonyl (C=O) groups excluding carboxylic acids is 1. The molecule has 0 saturated carbocycles. The Hall–Kier alpha value is -2.63. The minimum Gasteiger partial charge on any atom is -0.399 e. The number of benzene rings is 1. The molecule has 1 amide bonds. The lowest BCUT2D eigenvalue weighted by molar-refractivity contribution is 0.102. The van der Waals surface area contributed by atoms with Crippen LogP contribution in [0.3, 0.4) is 0 Å². The maximum Gasteiger partial charge on any atom is 0.258 e. The summed E-state index contributed by atoms with van der Waals surface area (Å²) in [5.74, 6) is -0.649. The van der Waals surface area contributed by atoms with Gasteiger partial charge in [-0.15, -0.1) is 0 Å². The third kappa shape index (κ3) is 2.54. The van der Waals surface area contributed by atoms with Gasteiger partial charge in [0.05, 0.1) is 11.8 Å². The van der Waals surface area contributed by atoms with Crippen molar-refractivity contribution in [3.05, 3.63) is 47.9 Å². The summed E-state index contributed by atoms with van der Waals surface area (Å²) in [6.45, 7) is 0. The van der Waals surface area contributed by atoms with Crippen LogP contribution in [0.1, 0.15) is 10.4 Å². The van der Waals surface area contributed by atoms with E-state index in [-0.39, 0.29) is 17.1 Å². The molecule has 0 fully saturated rings. The molecule has 92 valence electrons. The molecule has 5 N–H and O–H groups in total. The van der Waals surface area contributed by atoms with E-state index in [0.717, 1.165) is 6.20 Å². The van der Waals surface area contributed by atoms with Gasteiger partial charge >= 0.3 is 0 Å². The van der Waals surface area contributed by atoms with Gasteiger partial charge in [-0.1, -0.05) is 0 Å². The Morgan fingerprint density at radius 1 is 1.22 bits per heavy atom. The Bertz CT molecular complexity index is 583. The molecular formula is C12H11FN4O.